The summed E-state index contributed by atoms with van der Waals surface area (Å²) >= 11 is 14.9. The summed E-state index contributed by atoms with van der Waals surface area (Å²) in [7, 11) is 0. The van der Waals surface area contributed by atoms with E-state index in [0.29, 0.717) is 10.0 Å². The lowest BCUT2D eigenvalue weighted by molar-refractivity contribution is 0.694. The van der Waals surface area contributed by atoms with Crippen LogP contribution in [-0.4, -0.2) is 31.2 Å². The second kappa shape index (κ2) is 6.66. The third-order valence-corrected chi connectivity index (χ3v) is 7.05. The zero-order valence-corrected chi connectivity index (χ0v) is 16.8. The van der Waals surface area contributed by atoms with Gasteiger partial charge in [-0.05, 0) is 25.0 Å². The molecule has 1 aromatic carbocycles. The third kappa shape index (κ3) is 2.88. The average molecular weight is 405 g/mol. The second-order valence-corrected chi connectivity index (χ2v) is 9.05. The number of aromatic nitrogens is 1. The van der Waals surface area contributed by atoms with E-state index in [4.69, 9.17) is 28.2 Å². The van der Waals surface area contributed by atoms with E-state index in [1.165, 1.54) is 36.7 Å². The van der Waals surface area contributed by atoms with E-state index < -0.39 is 0 Å². The number of rotatable bonds is 1. The van der Waals surface area contributed by atoms with E-state index in [1.807, 2.05) is 12.1 Å². The van der Waals surface area contributed by atoms with Gasteiger partial charge in [0.15, 0.2) is 0 Å². The SMILES string of the molecule is Clc1cc(=[N+]2CCCC2)cc2sc3cc(N4CCCC4)cc(Cl)c3nc1-2. The molecule has 6 heteroatoms. The summed E-state index contributed by atoms with van der Waals surface area (Å²) in [6.07, 6.45) is 5.02. The molecule has 0 bridgehead atoms. The van der Waals surface area contributed by atoms with Crippen LogP contribution in [0.4, 0.5) is 5.69 Å². The lowest BCUT2D eigenvalue weighted by Crippen LogP contribution is -2.26. The number of benzene rings is 2. The van der Waals surface area contributed by atoms with Gasteiger partial charge in [0.25, 0.3) is 0 Å². The van der Waals surface area contributed by atoms with Crippen molar-refractivity contribution in [2.45, 2.75) is 25.7 Å². The standard InChI is InChI=1S/C20H20Cl2N3S/c21-15-9-13(24-5-1-2-6-24)11-17-19(15)23-20-16(22)10-14(12-18(20)26-17)25-7-3-4-8-25/h9-12H,1-8H2/q+1. The maximum atomic E-state index is 6.59. The normalized spacial score (nSPS) is 17.8. The number of nitrogens with zero attached hydrogens (tertiary/aromatic N) is 3. The molecule has 5 rings (SSSR count). The topological polar surface area (TPSA) is 19.1 Å². The molecule has 0 atom stereocenters. The van der Waals surface area contributed by atoms with E-state index in [2.05, 4.69) is 21.6 Å². The lowest BCUT2D eigenvalue weighted by atomic mass is 10.2. The van der Waals surface area contributed by atoms with E-state index >= 15 is 0 Å². The minimum Gasteiger partial charge on any atom is -0.371 e. The Morgan fingerprint density at radius 2 is 1.69 bits per heavy atom. The van der Waals surface area contributed by atoms with Crippen LogP contribution in [0.1, 0.15) is 25.7 Å². The highest BCUT2D eigenvalue weighted by Crippen LogP contribution is 2.39. The average Bonchev–Trinajstić information content (AvgIpc) is 3.34. The number of halogens is 2. The second-order valence-electron chi connectivity index (χ2n) is 7.15. The van der Waals surface area contributed by atoms with E-state index in [9.17, 15) is 0 Å². The van der Waals surface area contributed by atoms with Crippen molar-refractivity contribution in [3.05, 3.63) is 39.7 Å². The molecule has 0 amide bonds. The predicted molar refractivity (Wildman–Crippen MR) is 112 cm³/mol. The molecule has 3 aliphatic heterocycles. The Kier molecular flexibility index (Phi) is 4.30. The smallest absolute Gasteiger partial charge is 0.202 e. The molecule has 134 valence electrons. The molecule has 1 aliphatic carbocycles. The molecule has 1 aromatic rings. The van der Waals surface area contributed by atoms with Crippen molar-refractivity contribution in [3.63, 3.8) is 0 Å². The van der Waals surface area contributed by atoms with Crippen molar-refractivity contribution in [1.29, 1.82) is 0 Å². The van der Waals surface area contributed by atoms with Crippen LogP contribution in [-0.2, 0) is 0 Å². The minimum atomic E-state index is 0.710. The van der Waals surface area contributed by atoms with Crippen LogP contribution >= 0.6 is 34.5 Å². The van der Waals surface area contributed by atoms with Crippen LogP contribution in [0.15, 0.2) is 24.3 Å². The zero-order chi connectivity index (χ0) is 17.7. The summed E-state index contributed by atoms with van der Waals surface area (Å²) in [4.78, 5) is 8.36. The Morgan fingerprint density at radius 3 is 2.46 bits per heavy atom. The van der Waals surface area contributed by atoms with Crippen molar-refractivity contribution in [2.75, 3.05) is 31.1 Å². The molecule has 2 saturated heterocycles. The fourth-order valence-electron chi connectivity index (χ4n) is 4.04. The number of hydrogen-bond acceptors (Lipinski definition) is 3. The first-order valence-electron chi connectivity index (χ1n) is 9.25. The van der Waals surface area contributed by atoms with E-state index in [1.54, 1.807) is 11.3 Å². The van der Waals surface area contributed by atoms with Crippen LogP contribution in [0.2, 0.25) is 10.0 Å². The van der Waals surface area contributed by atoms with Gasteiger partial charge >= 0.3 is 0 Å². The molecule has 0 aromatic heterocycles. The summed E-state index contributed by atoms with van der Waals surface area (Å²) in [5, 5.41) is 2.63. The Hall–Kier alpha value is -1.36. The highest BCUT2D eigenvalue weighted by Gasteiger charge is 2.20. The molecule has 0 spiro atoms. The lowest BCUT2D eigenvalue weighted by Gasteiger charge is -2.19. The van der Waals surface area contributed by atoms with Crippen molar-refractivity contribution in [2.24, 2.45) is 0 Å². The minimum absolute atomic E-state index is 0.710. The highest BCUT2D eigenvalue weighted by molar-refractivity contribution is 7.21. The van der Waals surface area contributed by atoms with Gasteiger partial charge in [-0.3, -0.25) is 0 Å². The van der Waals surface area contributed by atoms with Gasteiger partial charge in [-0.1, -0.05) is 23.2 Å². The van der Waals surface area contributed by atoms with Gasteiger partial charge < -0.3 is 4.90 Å². The van der Waals surface area contributed by atoms with Gasteiger partial charge in [-0.2, -0.15) is 0 Å². The maximum absolute atomic E-state index is 6.59. The van der Waals surface area contributed by atoms with Gasteiger partial charge in [0.05, 0.1) is 25.1 Å². The Balaban J connectivity index is 1.73. The van der Waals surface area contributed by atoms with Crippen molar-refractivity contribution >= 4 is 50.4 Å². The summed E-state index contributed by atoms with van der Waals surface area (Å²) in [6, 6.07) is 8.57. The molecule has 3 nitrogen and oxygen atoms in total. The maximum Gasteiger partial charge on any atom is 0.202 e. The monoisotopic (exact) mass is 404 g/mol. The van der Waals surface area contributed by atoms with Gasteiger partial charge in [0, 0.05) is 43.8 Å². The zero-order valence-electron chi connectivity index (χ0n) is 14.5. The summed E-state index contributed by atoms with van der Waals surface area (Å²) < 4.78 is 3.54. The van der Waals surface area contributed by atoms with Gasteiger partial charge in [0.2, 0.25) is 5.36 Å². The molecular weight excluding hydrogens is 385 g/mol. The molecule has 4 aliphatic rings. The van der Waals surface area contributed by atoms with E-state index in [0.717, 1.165) is 47.0 Å². The molecule has 0 unspecified atom stereocenters. The molecule has 0 saturated carbocycles. The first-order chi connectivity index (χ1) is 12.7. The fraction of sp³-hybridized carbons (Fsp3) is 0.400. The van der Waals surface area contributed by atoms with Crippen LogP contribution in [0.5, 0.6) is 0 Å². The fourth-order valence-corrected chi connectivity index (χ4v) is 5.76. The Labute approximate surface area is 166 Å². The van der Waals surface area contributed by atoms with Crippen LogP contribution in [0.25, 0.3) is 20.8 Å². The van der Waals surface area contributed by atoms with E-state index in [-0.39, 0.29) is 0 Å². The molecule has 0 radical (unpaired) electrons. The van der Waals surface area contributed by atoms with Crippen molar-refractivity contribution in [1.82, 2.24) is 9.56 Å². The number of hydrogen-bond donors (Lipinski definition) is 0. The van der Waals surface area contributed by atoms with Crippen LogP contribution < -0.4 is 14.8 Å². The number of fused-ring (bicyclic) bond motifs is 2. The Morgan fingerprint density at radius 1 is 0.923 bits per heavy atom. The van der Waals surface area contributed by atoms with Crippen molar-refractivity contribution < 1.29 is 0 Å². The largest absolute Gasteiger partial charge is 0.371 e. The summed E-state index contributed by atoms with van der Waals surface area (Å²) in [5.41, 5.74) is 2.91. The third-order valence-electron chi connectivity index (χ3n) is 5.41. The van der Waals surface area contributed by atoms with Crippen LogP contribution in [0, 0.1) is 0 Å². The quantitative estimate of drug-likeness (QED) is 0.425. The first kappa shape index (κ1) is 16.8. The predicted octanol–water partition coefficient (Wildman–Crippen LogP) is 4.87. The molecule has 0 N–H and O–H groups in total. The highest BCUT2D eigenvalue weighted by atomic mass is 35.5. The summed E-state index contributed by atoms with van der Waals surface area (Å²) in [6.45, 7) is 4.44. The summed E-state index contributed by atoms with van der Waals surface area (Å²) in [5.74, 6) is 0. The molecule has 26 heavy (non-hydrogen) atoms. The van der Waals surface area contributed by atoms with Gasteiger partial charge in [0.1, 0.15) is 18.8 Å². The molecule has 2 fully saturated rings. The van der Waals surface area contributed by atoms with Crippen molar-refractivity contribution in [3.8, 4) is 10.6 Å². The van der Waals surface area contributed by atoms with Gasteiger partial charge in [-0.25, -0.2) is 9.56 Å². The van der Waals surface area contributed by atoms with Gasteiger partial charge in [-0.15, -0.1) is 11.3 Å². The molecular formula is C20H20Cl2N3S+. The Bertz CT molecular complexity index is 1030. The molecule has 3 heterocycles. The number of anilines is 1. The van der Waals surface area contributed by atoms with Crippen LogP contribution in [0.3, 0.4) is 0 Å². The first-order valence-corrected chi connectivity index (χ1v) is 10.8.